The Morgan fingerprint density at radius 3 is 2.53 bits per heavy atom. The standard InChI is InChI=1S/C11H20N4/c1-5-6-11(2,3)15-10-8-13-7-9(12-4)14-10/h7-8H,5-6H2,1-4H3,(H2,12,14,15). The molecule has 0 atom stereocenters. The van der Waals surface area contributed by atoms with E-state index in [-0.39, 0.29) is 5.54 Å². The van der Waals surface area contributed by atoms with Gasteiger partial charge in [0.15, 0.2) is 0 Å². The summed E-state index contributed by atoms with van der Waals surface area (Å²) >= 11 is 0. The van der Waals surface area contributed by atoms with E-state index in [0.29, 0.717) is 0 Å². The van der Waals surface area contributed by atoms with Crippen molar-refractivity contribution in [3.8, 4) is 0 Å². The Morgan fingerprint density at radius 2 is 1.93 bits per heavy atom. The van der Waals surface area contributed by atoms with Crippen molar-refractivity contribution >= 4 is 11.6 Å². The molecule has 1 aromatic rings. The maximum absolute atomic E-state index is 4.37. The summed E-state index contributed by atoms with van der Waals surface area (Å²) in [6, 6.07) is 0. The topological polar surface area (TPSA) is 49.8 Å². The molecule has 0 bridgehead atoms. The normalized spacial score (nSPS) is 11.2. The Labute approximate surface area is 91.5 Å². The van der Waals surface area contributed by atoms with Crippen molar-refractivity contribution < 1.29 is 0 Å². The first kappa shape index (κ1) is 11.8. The van der Waals surface area contributed by atoms with Gasteiger partial charge in [-0.15, -0.1) is 0 Å². The van der Waals surface area contributed by atoms with Gasteiger partial charge < -0.3 is 10.6 Å². The van der Waals surface area contributed by atoms with E-state index in [2.05, 4.69) is 41.4 Å². The minimum atomic E-state index is 0.0653. The Morgan fingerprint density at radius 1 is 1.27 bits per heavy atom. The summed E-state index contributed by atoms with van der Waals surface area (Å²) in [5.74, 6) is 1.60. The van der Waals surface area contributed by atoms with Gasteiger partial charge in [0.05, 0.1) is 12.4 Å². The zero-order chi connectivity index (χ0) is 11.3. The average Bonchev–Trinajstić information content (AvgIpc) is 2.17. The molecule has 0 aliphatic rings. The van der Waals surface area contributed by atoms with Gasteiger partial charge in [-0.25, -0.2) is 4.98 Å². The number of anilines is 2. The van der Waals surface area contributed by atoms with Crippen LogP contribution in [0.2, 0.25) is 0 Å². The van der Waals surface area contributed by atoms with Crippen LogP contribution in [0.25, 0.3) is 0 Å². The van der Waals surface area contributed by atoms with E-state index < -0.39 is 0 Å². The minimum absolute atomic E-state index is 0.0653. The van der Waals surface area contributed by atoms with Gasteiger partial charge in [0.2, 0.25) is 0 Å². The van der Waals surface area contributed by atoms with Crippen LogP contribution in [0.3, 0.4) is 0 Å². The number of nitrogens with one attached hydrogen (secondary N) is 2. The van der Waals surface area contributed by atoms with Crippen LogP contribution in [-0.2, 0) is 0 Å². The molecule has 84 valence electrons. The number of hydrogen-bond donors (Lipinski definition) is 2. The number of rotatable bonds is 5. The number of nitrogens with zero attached hydrogens (tertiary/aromatic N) is 2. The van der Waals surface area contributed by atoms with Gasteiger partial charge in [-0.2, -0.15) is 0 Å². The fourth-order valence-electron chi connectivity index (χ4n) is 1.58. The molecule has 0 saturated carbocycles. The number of hydrogen-bond acceptors (Lipinski definition) is 4. The first-order valence-electron chi connectivity index (χ1n) is 5.35. The highest BCUT2D eigenvalue weighted by atomic mass is 15.1. The summed E-state index contributed by atoms with van der Waals surface area (Å²) in [4.78, 5) is 8.49. The number of aromatic nitrogens is 2. The molecule has 0 unspecified atom stereocenters. The van der Waals surface area contributed by atoms with Gasteiger partial charge in [0.1, 0.15) is 11.6 Å². The van der Waals surface area contributed by atoms with E-state index in [0.717, 1.165) is 24.5 Å². The molecule has 0 radical (unpaired) electrons. The molecular weight excluding hydrogens is 188 g/mol. The smallest absolute Gasteiger partial charge is 0.147 e. The fraction of sp³-hybridized carbons (Fsp3) is 0.636. The van der Waals surface area contributed by atoms with Gasteiger partial charge in [0.25, 0.3) is 0 Å². The molecule has 2 N–H and O–H groups in total. The van der Waals surface area contributed by atoms with Crippen molar-refractivity contribution in [2.24, 2.45) is 0 Å². The predicted molar refractivity (Wildman–Crippen MR) is 64.2 cm³/mol. The molecule has 0 amide bonds. The van der Waals surface area contributed by atoms with Gasteiger partial charge in [0, 0.05) is 12.6 Å². The highest BCUT2D eigenvalue weighted by Gasteiger charge is 2.16. The van der Waals surface area contributed by atoms with Gasteiger partial charge >= 0.3 is 0 Å². The fourth-order valence-corrected chi connectivity index (χ4v) is 1.58. The van der Waals surface area contributed by atoms with E-state index in [1.54, 1.807) is 12.4 Å². The average molecular weight is 208 g/mol. The van der Waals surface area contributed by atoms with E-state index in [4.69, 9.17) is 0 Å². The molecule has 1 heterocycles. The summed E-state index contributed by atoms with van der Waals surface area (Å²) < 4.78 is 0. The van der Waals surface area contributed by atoms with Crippen LogP contribution in [0.5, 0.6) is 0 Å². The lowest BCUT2D eigenvalue weighted by molar-refractivity contribution is 0.509. The molecule has 4 heteroatoms. The van der Waals surface area contributed by atoms with Crippen LogP contribution in [0.15, 0.2) is 12.4 Å². The highest BCUT2D eigenvalue weighted by molar-refractivity contribution is 5.42. The zero-order valence-corrected chi connectivity index (χ0v) is 9.96. The summed E-state index contributed by atoms with van der Waals surface area (Å²) in [5, 5.41) is 6.35. The van der Waals surface area contributed by atoms with Crippen LogP contribution in [0.1, 0.15) is 33.6 Å². The summed E-state index contributed by atoms with van der Waals surface area (Å²) in [6.45, 7) is 6.52. The lowest BCUT2D eigenvalue weighted by Gasteiger charge is -2.26. The lowest BCUT2D eigenvalue weighted by atomic mass is 9.99. The second-order valence-corrected chi connectivity index (χ2v) is 4.30. The highest BCUT2D eigenvalue weighted by Crippen LogP contribution is 2.18. The first-order valence-corrected chi connectivity index (χ1v) is 5.35. The minimum Gasteiger partial charge on any atom is -0.372 e. The third kappa shape index (κ3) is 3.73. The Balaban J connectivity index is 2.71. The molecule has 1 aromatic heterocycles. The van der Waals surface area contributed by atoms with Gasteiger partial charge in [-0.05, 0) is 20.3 Å². The van der Waals surface area contributed by atoms with Gasteiger partial charge in [-0.1, -0.05) is 13.3 Å². The summed E-state index contributed by atoms with van der Waals surface area (Å²) in [5.41, 5.74) is 0.0653. The Hall–Kier alpha value is -1.32. The van der Waals surface area contributed by atoms with E-state index >= 15 is 0 Å². The van der Waals surface area contributed by atoms with Crippen LogP contribution < -0.4 is 10.6 Å². The first-order chi connectivity index (χ1) is 7.07. The second-order valence-electron chi connectivity index (χ2n) is 4.30. The summed E-state index contributed by atoms with van der Waals surface area (Å²) in [7, 11) is 1.84. The van der Waals surface area contributed by atoms with Crippen molar-refractivity contribution in [1.82, 2.24) is 9.97 Å². The SMILES string of the molecule is CCCC(C)(C)Nc1cncc(NC)n1. The van der Waals surface area contributed by atoms with Crippen molar-refractivity contribution in [2.45, 2.75) is 39.2 Å². The molecule has 4 nitrogen and oxygen atoms in total. The van der Waals surface area contributed by atoms with Crippen molar-refractivity contribution in [3.63, 3.8) is 0 Å². The van der Waals surface area contributed by atoms with Crippen LogP contribution in [-0.4, -0.2) is 22.6 Å². The molecule has 15 heavy (non-hydrogen) atoms. The third-order valence-electron chi connectivity index (χ3n) is 2.23. The van der Waals surface area contributed by atoms with Gasteiger partial charge in [-0.3, -0.25) is 4.98 Å². The quantitative estimate of drug-likeness (QED) is 0.780. The van der Waals surface area contributed by atoms with Crippen molar-refractivity contribution in [1.29, 1.82) is 0 Å². The monoisotopic (exact) mass is 208 g/mol. The van der Waals surface area contributed by atoms with Crippen LogP contribution in [0.4, 0.5) is 11.6 Å². The molecule has 0 spiro atoms. The Bertz CT molecular complexity index is 309. The lowest BCUT2D eigenvalue weighted by Crippen LogP contribution is -2.31. The molecule has 0 aliphatic heterocycles. The zero-order valence-electron chi connectivity index (χ0n) is 9.96. The van der Waals surface area contributed by atoms with Crippen molar-refractivity contribution in [3.05, 3.63) is 12.4 Å². The van der Waals surface area contributed by atoms with E-state index in [1.165, 1.54) is 0 Å². The molecular formula is C11H20N4. The Kier molecular flexibility index (Phi) is 3.88. The van der Waals surface area contributed by atoms with E-state index in [9.17, 15) is 0 Å². The second kappa shape index (κ2) is 4.96. The molecule has 0 saturated heterocycles. The van der Waals surface area contributed by atoms with Crippen LogP contribution >= 0.6 is 0 Å². The predicted octanol–water partition coefficient (Wildman–Crippen LogP) is 2.51. The molecule has 0 aliphatic carbocycles. The van der Waals surface area contributed by atoms with E-state index in [1.807, 2.05) is 7.05 Å². The maximum atomic E-state index is 4.37. The van der Waals surface area contributed by atoms with Crippen LogP contribution in [0, 0.1) is 0 Å². The largest absolute Gasteiger partial charge is 0.372 e. The summed E-state index contributed by atoms with van der Waals surface area (Å²) in [6.07, 6.45) is 5.72. The molecule has 0 fully saturated rings. The maximum Gasteiger partial charge on any atom is 0.147 e. The van der Waals surface area contributed by atoms with Crippen molar-refractivity contribution in [2.75, 3.05) is 17.7 Å². The molecule has 0 aromatic carbocycles. The third-order valence-corrected chi connectivity index (χ3v) is 2.23. The molecule has 1 rings (SSSR count).